The van der Waals surface area contributed by atoms with E-state index in [-0.39, 0.29) is 5.25 Å². The molecule has 1 aliphatic heterocycles. The van der Waals surface area contributed by atoms with E-state index in [1.54, 1.807) is 0 Å². The van der Waals surface area contributed by atoms with Crippen LogP contribution in [0.5, 0.6) is 0 Å². The van der Waals surface area contributed by atoms with Crippen LogP contribution in [-0.2, 0) is 14.6 Å². The molecular formula is C15H29NO3S. The average Bonchev–Trinajstić information content (AvgIpc) is 2.81. The van der Waals surface area contributed by atoms with E-state index in [1.807, 2.05) is 0 Å². The molecule has 5 unspecified atom stereocenters. The molecule has 0 radical (unpaired) electrons. The fourth-order valence-corrected chi connectivity index (χ4v) is 5.14. The van der Waals surface area contributed by atoms with Crippen LogP contribution in [0.3, 0.4) is 0 Å². The molecule has 1 aliphatic carbocycles. The standard InChI is InChI=1S/C15H29NO3S/c1-4-16-15(13-8-11(2)19-10-13)12-6-5-7-14(9-12)20(3,17)18/h11-16H,4-10H2,1-3H3. The van der Waals surface area contributed by atoms with Crippen molar-refractivity contribution >= 4 is 9.84 Å². The van der Waals surface area contributed by atoms with Gasteiger partial charge in [-0.2, -0.15) is 0 Å². The molecule has 0 spiro atoms. The smallest absolute Gasteiger partial charge is 0.150 e. The highest BCUT2D eigenvalue weighted by atomic mass is 32.2. The molecule has 0 bridgehead atoms. The summed E-state index contributed by atoms with van der Waals surface area (Å²) in [6.07, 6.45) is 6.67. The molecule has 2 rings (SSSR count). The predicted octanol–water partition coefficient (Wildman–Crippen LogP) is 1.99. The molecular weight excluding hydrogens is 274 g/mol. The van der Waals surface area contributed by atoms with Gasteiger partial charge in [-0.05, 0) is 45.1 Å². The van der Waals surface area contributed by atoms with Crippen molar-refractivity contribution in [3.8, 4) is 0 Å². The lowest BCUT2D eigenvalue weighted by Crippen LogP contribution is -2.45. The third kappa shape index (κ3) is 3.95. The summed E-state index contributed by atoms with van der Waals surface area (Å²) in [6.45, 7) is 6.01. The number of hydrogen-bond donors (Lipinski definition) is 1. The van der Waals surface area contributed by atoms with Crippen molar-refractivity contribution in [2.45, 2.75) is 63.3 Å². The Hall–Kier alpha value is -0.130. The average molecular weight is 303 g/mol. The van der Waals surface area contributed by atoms with Gasteiger partial charge >= 0.3 is 0 Å². The maximum absolute atomic E-state index is 11.8. The third-order valence-electron chi connectivity index (χ3n) is 4.96. The monoisotopic (exact) mass is 303 g/mol. The highest BCUT2D eigenvalue weighted by molar-refractivity contribution is 7.91. The fourth-order valence-electron chi connectivity index (χ4n) is 3.95. The van der Waals surface area contributed by atoms with Crippen LogP contribution in [0.25, 0.3) is 0 Å². The van der Waals surface area contributed by atoms with E-state index in [4.69, 9.17) is 4.74 Å². The molecule has 1 saturated heterocycles. The summed E-state index contributed by atoms with van der Waals surface area (Å²) in [4.78, 5) is 0. The second-order valence-electron chi connectivity index (χ2n) is 6.60. The Morgan fingerprint density at radius 2 is 2.00 bits per heavy atom. The van der Waals surface area contributed by atoms with Gasteiger partial charge in [-0.25, -0.2) is 8.42 Å². The highest BCUT2D eigenvalue weighted by Gasteiger charge is 2.38. The van der Waals surface area contributed by atoms with Crippen LogP contribution in [0.2, 0.25) is 0 Å². The molecule has 2 aliphatic rings. The molecule has 2 fully saturated rings. The molecule has 5 heteroatoms. The lowest BCUT2D eigenvalue weighted by atomic mass is 9.77. The van der Waals surface area contributed by atoms with Gasteiger partial charge in [-0.3, -0.25) is 0 Å². The van der Waals surface area contributed by atoms with Crippen molar-refractivity contribution in [1.29, 1.82) is 0 Å². The van der Waals surface area contributed by atoms with Gasteiger partial charge in [0.2, 0.25) is 0 Å². The first kappa shape index (κ1) is 16.2. The van der Waals surface area contributed by atoms with Gasteiger partial charge in [-0.1, -0.05) is 13.3 Å². The largest absolute Gasteiger partial charge is 0.378 e. The summed E-state index contributed by atoms with van der Waals surface area (Å²) < 4.78 is 29.4. The van der Waals surface area contributed by atoms with Crippen molar-refractivity contribution in [1.82, 2.24) is 5.32 Å². The van der Waals surface area contributed by atoms with Crippen LogP contribution in [0, 0.1) is 11.8 Å². The van der Waals surface area contributed by atoms with Crippen molar-refractivity contribution in [3.63, 3.8) is 0 Å². The van der Waals surface area contributed by atoms with Crippen LogP contribution in [0.1, 0.15) is 46.0 Å². The minimum atomic E-state index is -2.90. The van der Waals surface area contributed by atoms with E-state index in [0.29, 0.717) is 24.0 Å². The molecule has 4 nitrogen and oxygen atoms in total. The van der Waals surface area contributed by atoms with E-state index >= 15 is 0 Å². The molecule has 20 heavy (non-hydrogen) atoms. The predicted molar refractivity (Wildman–Crippen MR) is 81.6 cm³/mol. The molecule has 118 valence electrons. The zero-order chi connectivity index (χ0) is 14.8. The van der Waals surface area contributed by atoms with Crippen molar-refractivity contribution in [2.24, 2.45) is 11.8 Å². The SMILES string of the molecule is CCNC(C1COC(C)C1)C1CCCC(S(C)(=O)=O)C1. The van der Waals surface area contributed by atoms with Crippen molar-refractivity contribution in [2.75, 3.05) is 19.4 Å². The Bertz CT molecular complexity index is 409. The van der Waals surface area contributed by atoms with Crippen molar-refractivity contribution < 1.29 is 13.2 Å². The number of ether oxygens (including phenoxy) is 1. The minimum Gasteiger partial charge on any atom is -0.378 e. The summed E-state index contributed by atoms with van der Waals surface area (Å²) in [6, 6.07) is 0.412. The molecule has 0 amide bonds. The van der Waals surface area contributed by atoms with Gasteiger partial charge in [0.05, 0.1) is 18.0 Å². The van der Waals surface area contributed by atoms with Crippen molar-refractivity contribution in [3.05, 3.63) is 0 Å². The van der Waals surface area contributed by atoms with E-state index in [1.165, 1.54) is 6.26 Å². The number of rotatable bonds is 5. The normalized spacial score (nSPS) is 37.0. The maximum atomic E-state index is 11.8. The second-order valence-corrected chi connectivity index (χ2v) is 8.93. The number of nitrogens with one attached hydrogen (secondary N) is 1. The number of sulfone groups is 1. The first-order valence-electron chi connectivity index (χ1n) is 7.95. The zero-order valence-corrected chi connectivity index (χ0v) is 13.8. The van der Waals surface area contributed by atoms with Crippen LogP contribution >= 0.6 is 0 Å². The summed E-state index contributed by atoms with van der Waals surface area (Å²) in [5, 5.41) is 3.48. The van der Waals surface area contributed by atoms with Crippen LogP contribution in [0.15, 0.2) is 0 Å². The Morgan fingerprint density at radius 3 is 2.55 bits per heavy atom. The topological polar surface area (TPSA) is 55.4 Å². The molecule has 0 aromatic rings. The molecule has 0 aromatic carbocycles. The van der Waals surface area contributed by atoms with E-state index < -0.39 is 9.84 Å². The van der Waals surface area contributed by atoms with Crippen LogP contribution < -0.4 is 5.32 Å². The molecule has 0 aromatic heterocycles. The van der Waals surface area contributed by atoms with E-state index in [9.17, 15) is 8.42 Å². The Morgan fingerprint density at radius 1 is 1.25 bits per heavy atom. The van der Waals surface area contributed by atoms with Gasteiger partial charge in [0.1, 0.15) is 9.84 Å². The lowest BCUT2D eigenvalue weighted by Gasteiger charge is -2.37. The first-order chi connectivity index (χ1) is 9.41. The maximum Gasteiger partial charge on any atom is 0.150 e. The Balaban J connectivity index is 2.05. The summed E-state index contributed by atoms with van der Waals surface area (Å²) in [5.41, 5.74) is 0. The quantitative estimate of drug-likeness (QED) is 0.844. The number of hydrogen-bond acceptors (Lipinski definition) is 4. The lowest BCUT2D eigenvalue weighted by molar-refractivity contribution is 0.111. The third-order valence-corrected chi connectivity index (χ3v) is 6.60. The first-order valence-corrected chi connectivity index (χ1v) is 9.91. The Kier molecular flexibility index (Phi) is 5.49. The molecule has 1 N–H and O–H groups in total. The molecule has 5 atom stereocenters. The molecule has 1 saturated carbocycles. The Labute approximate surface area is 123 Å². The summed E-state index contributed by atoms with van der Waals surface area (Å²) >= 11 is 0. The van der Waals surface area contributed by atoms with E-state index in [2.05, 4.69) is 19.2 Å². The molecule has 1 heterocycles. The second kappa shape index (κ2) is 6.75. The van der Waals surface area contributed by atoms with Gasteiger partial charge in [0.15, 0.2) is 0 Å². The highest BCUT2D eigenvalue weighted by Crippen LogP contribution is 2.36. The fraction of sp³-hybridized carbons (Fsp3) is 1.00. The minimum absolute atomic E-state index is 0.137. The van der Waals surface area contributed by atoms with Gasteiger partial charge < -0.3 is 10.1 Å². The van der Waals surface area contributed by atoms with Crippen LogP contribution in [-0.4, -0.2) is 45.2 Å². The van der Waals surface area contributed by atoms with Crippen LogP contribution in [0.4, 0.5) is 0 Å². The zero-order valence-electron chi connectivity index (χ0n) is 13.0. The van der Waals surface area contributed by atoms with Gasteiger partial charge in [0, 0.05) is 18.2 Å². The van der Waals surface area contributed by atoms with Gasteiger partial charge in [0.25, 0.3) is 0 Å². The summed E-state index contributed by atoms with van der Waals surface area (Å²) in [7, 11) is -2.90. The van der Waals surface area contributed by atoms with E-state index in [0.717, 1.165) is 45.3 Å². The van der Waals surface area contributed by atoms with Gasteiger partial charge in [-0.15, -0.1) is 0 Å². The summed E-state index contributed by atoms with van der Waals surface area (Å²) in [5.74, 6) is 1.01.